The maximum absolute atomic E-state index is 9.00. The lowest BCUT2D eigenvalue weighted by atomic mass is 10.9. The van der Waals surface area contributed by atoms with Crippen LogP contribution in [0, 0.1) is 0 Å². The van der Waals surface area contributed by atoms with E-state index in [1.165, 1.54) is 0 Å². The Hall–Kier alpha value is -6.89. The maximum Gasteiger partial charge on any atom is 0.300 e. The van der Waals surface area contributed by atoms with Crippen LogP contribution in [0.1, 0.15) is 90.0 Å². The molecule has 0 atom stereocenters. The minimum absolute atomic E-state index is 0.833. The summed E-state index contributed by atoms with van der Waals surface area (Å²) in [5.74, 6) is -10.8. The van der Waals surface area contributed by atoms with Crippen LogP contribution in [-0.4, -0.2) is 144 Å². The molecule has 0 aliphatic rings. The van der Waals surface area contributed by atoms with Gasteiger partial charge in [-0.15, -0.1) is 0 Å². The second kappa shape index (κ2) is 79.5. The van der Waals surface area contributed by atoms with Crippen LogP contribution < -0.4 is 0 Å². The largest absolute Gasteiger partial charge is 0.481 e. The molecule has 0 bridgehead atoms. The van der Waals surface area contributed by atoms with Crippen molar-refractivity contribution in [3.05, 3.63) is 0 Å². The molecule has 0 aromatic rings. The molecule has 0 radical (unpaired) electrons. The molecular weight excluding hydrogens is 728 g/mol. The zero-order chi connectivity index (χ0) is 46.5. The molecule has 0 aromatic carbocycles. The van der Waals surface area contributed by atoms with Gasteiger partial charge in [-0.05, 0) is 0 Å². The van der Waals surface area contributed by atoms with Crippen molar-refractivity contribution in [2.75, 3.05) is 0 Å². The van der Waals surface area contributed by atoms with E-state index in [1.807, 2.05) is 0 Å². The lowest BCUT2D eigenvalue weighted by Gasteiger charge is -1.59. The van der Waals surface area contributed by atoms with E-state index in [0.717, 1.165) is 90.0 Å². The number of carboxylic acid groups (broad SMARTS) is 13. The monoisotopic (exact) mass is 780 g/mol. The molecule has 0 aromatic heterocycles. The first-order valence-electron chi connectivity index (χ1n) is 12.1. The fourth-order valence-corrected chi connectivity index (χ4v) is 0. The topological polar surface area (TPSA) is 485 Å². The van der Waals surface area contributed by atoms with Crippen LogP contribution in [0.15, 0.2) is 0 Å². The minimum Gasteiger partial charge on any atom is -0.481 e. The molecule has 26 heteroatoms. The van der Waals surface area contributed by atoms with Crippen LogP contribution in [0.25, 0.3) is 0 Å². The number of carbonyl (C=O) groups is 13. The third-order valence-corrected chi connectivity index (χ3v) is 0. The molecule has 0 amide bonds. The summed E-state index contributed by atoms with van der Waals surface area (Å²) in [4.78, 5) is 117. The van der Waals surface area contributed by atoms with Crippen LogP contribution >= 0.6 is 0 Å². The molecule has 26 nitrogen and oxygen atoms in total. The molecule has 0 aliphatic heterocycles. The average molecular weight is 781 g/mol. The first-order chi connectivity index (χ1) is 22.5. The first kappa shape index (κ1) is 85.1. The summed E-state index contributed by atoms with van der Waals surface area (Å²) < 4.78 is 0. The SMILES string of the molecule is CC(=O)O.CC(=O)O.CC(=O)O.CC(=O)O.CC(=O)O.CC(=O)O.CC(=O)O.CC(=O)O.CC(=O)O.CC(=O)O.CC(=O)O.CC(=O)O.CC(=O)O. The summed E-state index contributed by atoms with van der Waals surface area (Å²) in [7, 11) is 0. The van der Waals surface area contributed by atoms with E-state index in [1.54, 1.807) is 0 Å². The van der Waals surface area contributed by atoms with Gasteiger partial charge in [0.15, 0.2) is 0 Å². The van der Waals surface area contributed by atoms with E-state index < -0.39 is 77.6 Å². The molecule has 0 aliphatic carbocycles. The molecule has 0 saturated heterocycles. The van der Waals surface area contributed by atoms with Crippen molar-refractivity contribution in [1.82, 2.24) is 0 Å². The molecule has 0 heterocycles. The number of rotatable bonds is 0. The van der Waals surface area contributed by atoms with Gasteiger partial charge in [0.1, 0.15) is 0 Å². The molecular formula is C26H52O26. The van der Waals surface area contributed by atoms with Gasteiger partial charge in [0.25, 0.3) is 77.6 Å². The van der Waals surface area contributed by atoms with Gasteiger partial charge in [0.2, 0.25) is 0 Å². The Morgan fingerprint density at radius 2 is 0.154 bits per heavy atom. The average Bonchev–Trinajstić information content (AvgIpc) is 2.67. The zero-order valence-corrected chi connectivity index (χ0v) is 30.6. The highest BCUT2D eigenvalue weighted by molar-refractivity contribution is 5.65. The van der Waals surface area contributed by atoms with Crippen molar-refractivity contribution in [3.8, 4) is 0 Å². The van der Waals surface area contributed by atoms with Gasteiger partial charge in [-0.1, -0.05) is 0 Å². The smallest absolute Gasteiger partial charge is 0.300 e. The van der Waals surface area contributed by atoms with Gasteiger partial charge in [-0.25, -0.2) is 0 Å². The van der Waals surface area contributed by atoms with Crippen molar-refractivity contribution in [2.45, 2.75) is 90.0 Å². The number of carboxylic acids is 13. The Balaban J connectivity index is -0.0000000288. The standard InChI is InChI=1S/13C2H4O2/c13*1-2(3)4/h13*1H3,(H,3,4). The van der Waals surface area contributed by atoms with Crippen molar-refractivity contribution in [3.63, 3.8) is 0 Å². The Labute approximate surface area is 296 Å². The molecule has 312 valence electrons. The van der Waals surface area contributed by atoms with Gasteiger partial charge in [0, 0.05) is 90.0 Å². The Morgan fingerprint density at radius 1 is 0.154 bits per heavy atom. The van der Waals surface area contributed by atoms with E-state index >= 15 is 0 Å². The predicted octanol–water partition coefficient (Wildman–Crippen LogP) is 1.18. The van der Waals surface area contributed by atoms with Crippen molar-refractivity contribution in [1.29, 1.82) is 0 Å². The summed E-state index contributed by atoms with van der Waals surface area (Å²) in [6.45, 7) is 14.1. The summed E-state index contributed by atoms with van der Waals surface area (Å²) in [5.41, 5.74) is 0. The normalized spacial score (nSPS) is 6.25. The molecule has 0 saturated carbocycles. The Bertz CT molecular complexity index is 640. The molecule has 13 N–H and O–H groups in total. The molecule has 0 fully saturated rings. The van der Waals surface area contributed by atoms with E-state index in [2.05, 4.69) is 0 Å². The third kappa shape index (κ3) is 1610. The van der Waals surface area contributed by atoms with Crippen molar-refractivity contribution in [2.24, 2.45) is 0 Å². The summed E-state index contributed by atoms with van der Waals surface area (Å²) in [6.07, 6.45) is 0. The number of hydrogen-bond acceptors (Lipinski definition) is 13. The van der Waals surface area contributed by atoms with Crippen LogP contribution in [-0.2, 0) is 62.3 Å². The molecule has 0 unspecified atom stereocenters. The van der Waals surface area contributed by atoms with Gasteiger partial charge >= 0.3 is 0 Å². The van der Waals surface area contributed by atoms with Gasteiger partial charge in [0.05, 0.1) is 0 Å². The summed E-state index contributed by atoms with van der Waals surface area (Å²) in [5, 5.41) is 96.4. The van der Waals surface area contributed by atoms with Crippen LogP contribution in [0.5, 0.6) is 0 Å². The fraction of sp³-hybridized carbons (Fsp3) is 0.500. The van der Waals surface area contributed by atoms with Gasteiger partial charge in [-0.3, -0.25) is 62.3 Å². The lowest BCUT2D eigenvalue weighted by Crippen LogP contribution is -1.78. The second-order valence-corrected chi connectivity index (χ2v) is 6.75. The van der Waals surface area contributed by atoms with E-state index in [4.69, 9.17) is 129 Å². The highest BCUT2D eigenvalue weighted by Gasteiger charge is 1.69. The Kier molecular flexibility index (Phi) is 130. The van der Waals surface area contributed by atoms with Gasteiger partial charge in [-0.2, -0.15) is 0 Å². The fourth-order valence-electron chi connectivity index (χ4n) is 0. The lowest BCUT2D eigenvalue weighted by molar-refractivity contribution is -0.135. The van der Waals surface area contributed by atoms with E-state index in [0.29, 0.717) is 0 Å². The Morgan fingerprint density at radius 3 is 0.154 bits per heavy atom. The molecule has 0 rings (SSSR count). The quantitative estimate of drug-likeness (QED) is 0.164. The van der Waals surface area contributed by atoms with Crippen LogP contribution in [0.3, 0.4) is 0 Å². The maximum atomic E-state index is 9.00. The second-order valence-electron chi connectivity index (χ2n) is 6.75. The van der Waals surface area contributed by atoms with E-state index in [-0.39, 0.29) is 0 Å². The molecule has 52 heavy (non-hydrogen) atoms. The van der Waals surface area contributed by atoms with Crippen LogP contribution in [0.2, 0.25) is 0 Å². The van der Waals surface area contributed by atoms with Crippen molar-refractivity contribution < 1.29 is 129 Å². The summed E-state index contributed by atoms with van der Waals surface area (Å²) >= 11 is 0. The number of aliphatic carboxylic acids is 13. The molecule has 0 spiro atoms. The highest BCUT2D eigenvalue weighted by atomic mass is 16.4. The van der Waals surface area contributed by atoms with Gasteiger partial charge < -0.3 is 66.4 Å². The highest BCUT2D eigenvalue weighted by Crippen LogP contribution is 1.46. The number of hydrogen-bond donors (Lipinski definition) is 13. The van der Waals surface area contributed by atoms with Crippen LogP contribution in [0.4, 0.5) is 0 Å². The van der Waals surface area contributed by atoms with Crippen molar-refractivity contribution >= 4 is 77.6 Å². The first-order valence-corrected chi connectivity index (χ1v) is 12.1. The third-order valence-electron chi connectivity index (χ3n) is 0. The zero-order valence-electron chi connectivity index (χ0n) is 30.6. The predicted molar refractivity (Wildman–Crippen MR) is 173 cm³/mol. The van der Waals surface area contributed by atoms with E-state index in [9.17, 15) is 0 Å². The summed E-state index contributed by atoms with van der Waals surface area (Å²) in [6, 6.07) is 0. The minimum atomic E-state index is -0.833.